The van der Waals surface area contributed by atoms with E-state index in [1.54, 1.807) is 30.3 Å². The Hall–Kier alpha value is -2.64. The van der Waals surface area contributed by atoms with Gasteiger partial charge >= 0.3 is 0 Å². The van der Waals surface area contributed by atoms with Crippen molar-refractivity contribution >= 4 is 50.6 Å². The van der Waals surface area contributed by atoms with Crippen LogP contribution in [-0.2, 0) is 4.79 Å². The van der Waals surface area contributed by atoms with Crippen LogP contribution >= 0.6 is 27.5 Å². The summed E-state index contributed by atoms with van der Waals surface area (Å²) in [7, 11) is 0. The van der Waals surface area contributed by atoms with Crippen molar-refractivity contribution in [2.24, 2.45) is 5.10 Å². The molecular formula is C18H12BrClN2O4. The first-order chi connectivity index (χ1) is 12.5. The van der Waals surface area contributed by atoms with E-state index in [1.165, 1.54) is 18.5 Å². The van der Waals surface area contributed by atoms with Gasteiger partial charge in [0.25, 0.3) is 5.91 Å². The Morgan fingerprint density at radius 1 is 1.31 bits per heavy atom. The van der Waals surface area contributed by atoms with Crippen LogP contribution in [0.25, 0.3) is 11.0 Å². The standard InChI is InChI=1S/C18H12BrClN2O4/c19-14-3-1-2-4-16(14)26-10-17(23)22-21-8-11-9-25-15-6-5-12(20)7-13(15)18(11)24/h1-9H,10H2,(H,22,23)/b21-8+. The number of hydrogen-bond donors (Lipinski definition) is 1. The number of ether oxygens (including phenoxy) is 1. The lowest BCUT2D eigenvalue weighted by atomic mass is 10.2. The molecule has 6 nitrogen and oxygen atoms in total. The van der Waals surface area contributed by atoms with Gasteiger partial charge in [0.05, 0.1) is 21.6 Å². The van der Waals surface area contributed by atoms with E-state index in [0.717, 1.165) is 4.47 Å². The number of para-hydroxylation sites is 1. The van der Waals surface area contributed by atoms with Crippen molar-refractivity contribution in [3.63, 3.8) is 0 Å². The lowest BCUT2D eigenvalue weighted by molar-refractivity contribution is -0.123. The van der Waals surface area contributed by atoms with Crippen LogP contribution in [0, 0.1) is 0 Å². The number of fused-ring (bicyclic) bond motifs is 1. The van der Waals surface area contributed by atoms with Crippen molar-refractivity contribution in [2.75, 3.05) is 6.61 Å². The molecule has 0 spiro atoms. The van der Waals surface area contributed by atoms with E-state index in [1.807, 2.05) is 6.07 Å². The topological polar surface area (TPSA) is 80.9 Å². The zero-order valence-corrected chi connectivity index (χ0v) is 15.6. The molecule has 3 aromatic rings. The van der Waals surface area contributed by atoms with Gasteiger partial charge in [-0.15, -0.1) is 0 Å². The molecule has 0 bridgehead atoms. The number of benzene rings is 2. The summed E-state index contributed by atoms with van der Waals surface area (Å²) in [4.78, 5) is 24.1. The Morgan fingerprint density at radius 3 is 2.92 bits per heavy atom. The number of carbonyl (C=O) groups excluding carboxylic acids is 1. The Labute approximate surface area is 161 Å². The van der Waals surface area contributed by atoms with Crippen molar-refractivity contribution in [1.29, 1.82) is 0 Å². The van der Waals surface area contributed by atoms with Crippen LogP contribution < -0.4 is 15.6 Å². The first kappa shape index (κ1) is 18.2. The molecule has 132 valence electrons. The minimum Gasteiger partial charge on any atom is -0.483 e. The van der Waals surface area contributed by atoms with Crippen LogP contribution in [0.1, 0.15) is 5.56 Å². The maximum absolute atomic E-state index is 12.4. The Morgan fingerprint density at radius 2 is 2.12 bits per heavy atom. The maximum atomic E-state index is 12.4. The lowest BCUT2D eigenvalue weighted by Crippen LogP contribution is -2.25. The van der Waals surface area contributed by atoms with E-state index in [9.17, 15) is 9.59 Å². The van der Waals surface area contributed by atoms with Crippen molar-refractivity contribution in [3.8, 4) is 5.75 Å². The molecule has 0 aliphatic carbocycles. The molecule has 0 saturated heterocycles. The van der Waals surface area contributed by atoms with Gasteiger partial charge in [0.2, 0.25) is 5.43 Å². The predicted octanol–water partition coefficient (Wildman–Crippen LogP) is 3.74. The largest absolute Gasteiger partial charge is 0.483 e. The second kappa shape index (κ2) is 8.16. The fraction of sp³-hybridized carbons (Fsp3) is 0.0556. The van der Waals surface area contributed by atoms with Gasteiger partial charge in [-0.05, 0) is 46.3 Å². The van der Waals surface area contributed by atoms with Gasteiger partial charge in [-0.3, -0.25) is 9.59 Å². The number of halogens is 2. The maximum Gasteiger partial charge on any atom is 0.277 e. The van der Waals surface area contributed by atoms with Gasteiger partial charge in [-0.25, -0.2) is 5.43 Å². The minimum atomic E-state index is -0.467. The summed E-state index contributed by atoms with van der Waals surface area (Å²) < 4.78 is 11.5. The number of nitrogens with one attached hydrogen (secondary N) is 1. The second-order valence-corrected chi connectivity index (χ2v) is 6.46. The smallest absolute Gasteiger partial charge is 0.277 e. The molecule has 1 N–H and O–H groups in total. The van der Waals surface area contributed by atoms with E-state index < -0.39 is 5.91 Å². The van der Waals surface area contributed by atoms with Crippen molar-refractivity contribution < 1.29 is 13.9 Å². The summed E-state index contributed by atoms with van der Waals surface area (Å²) in [6, 6.07) is 11.9. The Bertz CT molecular complexity index is 1050. The average molecular weight is 436 g/mol. The highest BCUT2D eigenvalue weighted by atomic mass is 79.9. The van der Waals surface area contributed by atoms with Gasteiger partial charge in [-0.1, -0.05) is 23.7 Å². The van der Waals surface area contributed by atoms with Crippen LogP contribution in [0.5, 0.6) is 5.75 Å². The molecule has 3 rings (SSSR count). The Kier molecular flexibility index (Phi) is 5.70. The molecule has 26 heavy (non-hydrogen) atoms. The zero-order valence-electron chi connectivity index (χ0n) is 13.2. The number of hydrogen-bond acceptors (Lipinski definition) is 5. The normalized spacial score (nSPS) is 11.0. The SMILES string of the molecule is O=C(COc1ccccc1Br)N/N=C/c1coc2ccc(Cl)cc2c1=O. The minimum absolute atomic E-state index is 0.187. The van der Waals surface area contributed by atoms with E-state index in [2.05, 4.69) is 26.5 Å². The van der Waals surface area contributed by atoms with Gasteiger partial charge in [0, 0.05) is 5.02 Å². The quantitative estimate of drug-likeness (QED) is 0.489. The fourth-order valence-electron chi connectivity index (χ4n) is 2.12. The van der Waals surface area contributed by atoms with Crippen LogP contribution in [-0.4, -0.2) is 18.7 Å². The highest BCUT2D eigenvalue weighted by Crippen LogP contribution is 2.23. The molecule has 0 unspecified atom stereocenters. The summed E-state index contributed by atoms with van der Waals surface area (Å²) in [6.07, 6.45) is 2.48. The molecule has 8 heteroatoms. The molecule has 1 aromatic heterocycles. The molecule has 0 aliphatic heterocycles. The Balaban J connectivity index is 1.64. The van der Waals surface area contributed by atoms with Gasteiger partial charge in [0.15, 0.2) is 6.61 Å². The summed E-state index contributed by atoms with van der Waals surface area (Å²) in [5, 5.41) is 4.52. The molecule has 0 aliphatic rings. The summed E-state index contributed by atoms with van der Waals surface area (Å²) in [5.74, 6) is 0.0731. The molecule has 0 fully saturated rings. The third kappa shape index (κ3) is 4.30. The van der Waals surface area contributed by atoms with Gasteiger partial charge in [0.1, 0.15) is 17.6 Å². The molecule has 0 radical (unpaired) electrons. The highest BCUT2D eigenvalue weighted by Gasteiger charge is 2.07. The van der Waals surface area contributed by atoms with Crippen LogP contribution in [0.4, 0.5) is 0 Å². The number of nitrogens with zero attached hydrogens (tertiary/aromatic N) is 1. The van der Waals surface area contributed by atoms with E-state index in [0.29, 0.717) is 21.7 Å². The predicted molar refractivity (Wildman–Crippen MR) is 103 cm³/mol. The van der Waals surface area contributed by atoms with E-state index in [4.69, 9.17) is 20.8 Å². The average Bonchev–Trinajstić information content (AvgIpc) is 2.63. The number of hydrazone groups is 1. The summed E-state index contributed by atoms with van der Waals surface area (Å²) >= 11 is 9.22. The second-order valence-electron chi connectivity index (χ2n) is 5.17. The van der Waals surface area contributed by atoms with Crippen molar-refractivity contribution in [3.05, 3.63) is 74.0 Å². The lowest BCUT2D eigenvalue weighted by Gasteiger charge is -2.06. The van der Waals surface area contributed by atoms with Crippen LogP contribution in [0.15, 0.2) is 67.5 Å². The van der Waals surface area contributed by atoms with E-state index >= 15 is 0 Å². The van der Waals surface area contributed by atoms with Crippen LogP contribution in [0.2, 0.25) is 5.02 Å². The fourth-order valence-corrected chi connectivity index (χ4v) is 2.69. The third-order valence-corrected chi connectivity index (χ3v) is 4.24. The monoisotopic (exact) mass is 434 g/mol. The van der Waals surface area contributed by atoms with Crippen molar-refractivity contribution in [2.45, 2.75) is 0 Å². The molecule has 1 heterocycles. The first-order valence-corrected chi connectivity index (χ1v) is 8.62. The zero-order chi connectivity index (χ0) is 18.5. The molecule has 2 aromatic carbocycles. The third-order valence-electron chi connectivity index (χ3n) is 3.35. The summed E-state index contributed by atoms with van der Waals surface area (Å²) in [6.45, 7) is -0.220. The van der Waals surface area contributed by atoms with Gasteiger partial charge < -0.3 is 9.15 Å². The number of amides is 1. The van der Waals surface area contributed by atoms with Crippen LogP contribution in [0.3, 0.4) is 0 Å². The molecule has 0 saturated carbocycles. The first-order valence-electron chi connectivity index (χ1n) is 7.45. The van der Waals surface area contributed by atoms with E-state index in [-0.39, 0.29) is 17.6 Å². The van der Waals surface area contributed by atoms with Crippen molar-refractivity contribution in [1.82, 2.24) is 5.43 Å². The molecule has 1 amide bonds. The summed E-state index contributed by atoms with van der Waals surface area (Å²) in [5.41, 5.74) is 2.60. The van der Waals surface area contributed by atoms with Gasteiger partial charge in [-0.2, -0.15) is 5.10 Å². The number of rotatable bonds is 5. The number of carbonyl (C=O) groups is 1. The molecule has 0 atom stereocenters. The highest BCUT2D eigenvalue weighted by molar-refractivity contribution is 9.10. The molecular weight excluding hydrogens is 424 g/mol.